The van der Waals surface area contributed by atoms with Gasteiger partial charge >= 0.3 is 0 Å². The third-order valence-electron chi connectivity index (χ3n) is 4.82. The predicted molar refractivity (Wildman–Crippen MR) is 121 cm³/mol. The molecule has 0 spiro atoms. The normalized spacial score (nSPS) is 11.1. The van der Waals surface area contributed by atoms with E-state index >= 15 is 0 Å². The molecule has 0 saturated carbocycles. The molecule has 3 aromatic rings. The smallest absolute Gasteiger partial charge is 0.255 e. The van der Waals surface area contributed by atoms with Crippen LogP contribution in [0, 0.1) is 6.92 Å². The van der Waals surface area contributed by atoms with Crippen LogP contribution in [0.15, 0.2) is 66.7 Å². The van der Waals surface area contributed by atoms with Gasteiger partial charge in [-0.05, 0) is 54.4 Å². The number of carbonyl (C=O) groups excluding carboxylic acids is 1. The van der Waals surface area contributed by atoms with Crippen LogP contribution in [0.1, 0.15) is 15.9 Å². The zero-order valence-corrected chi connectivity index (χ0v) is 18.2. The van der Waals surface area contributed by atoms with Gasteiger partial charge in [-0.25, -0.2) is 8.42 Å². The fourth-order valence-electron chi connectivity index (χ4n) is 2.95. The van der Waals surface area contributed by atoms with Gasteiger partial charge in [0.1, 0.15) is 5.75 Å². The van der Waals surface area contributed by atoms with Gasteiger partial charge in [0, 0.05) is 12.6 Å². The molecule has 0 radical (unpaired) electrons. The number of ether oxygens (including phenoxy) is 1. The summed E-state index contributed by atoms with van der Waals surface area (Å²) in [5, 5.41) is 2.85. The summed E-state index contributed by atoms with van der Waals surface area (Å²) in [7, 11) is -0.493. The highest BCUT2D eigenvalue weighted by Gasteiger charge is 2.18. The van der Waals surface area contributed by atoms with E-state index in [0.29, 0.717) is 22.7 Å². The van der Waals surface area contributed by atoms with Crippen molar-refractivity contribution >= 4 is 27.3 Å². The summed E-state index contributed by atoms with van der Waals surface area (Å²) in [4.78, 5) is 12.8. The van der Waals surface area contributed by atoms with Gasteiger partial charge in [0.2, 0.25) is 10.0 Å². The molecule has 3 rings (SSSR count). The molecule has 3 aromatic carbocycles. The van der Waals surface area contributed by atoms with Crippen molar-refractivity contribution in [1.29, 1.82) is 0 Å². The Hall–Kier alpha value is -3.32. The third kappa shape index (κ3) is 4.80. The van der Waals surface area contributed by atoms with Crippen LogP contribution in [0.3, 0.4) is 0 Å². The van der Waals surface area contributed by atoms with Gasteiger partial charge in [0.15, 0.2) is 0 Å². The molecule has 6 nitrogen and oxygen atoms in total. The van der Waals surface area contributed by atoms with E-state index < -0.39 is 10.0 Å². The molecule has 0 atom stereocenters. The largest absolute Gasteiger partial charge is 0.497 e. The van der Waals surface area contributed by atoms with Gasteiger partial charge < -0.3 is 10.1 Å². The maximum absolute atomic E-state index is 12.8. The number of anilines is 2. The van der Waals surface area contributed by atoms with Crippen LogP contribution in [0.5, 0.6) is 5.75 Å². The average molecular weight is 425 g/mol. The van der Waals surface area contributed by atoms with Crippen LogP contribution >= 0.6 is 0 Å². The maximum atomic E-state index is 12.8. The third-order valence-corrected chi connectivity index (χ3v) is 6.01. The average Bonchev–Trinajstić information content (AvgIpc) is 2.73. The number of benzene rings is 3. The van der Waals surface area contributed by atoms with Crippen LogP contribution < -0.4 is 14.4 Å². The topological polar surface area (TPSA) is 75.7 Å². The van der Waals surface area contributed by atoms with E-state index in [1.54, 1.807) is 43.5 Å². The molecule has 0 bridgehead atoms. The first-order valence-electron chi connectivity index (χ1n) is 9.29. The minimum absolute atomic E-state index is 0.345. The molecule has 0 heterocycles. The minimum atomic E-state index is -3.51. The molecule has 0 aromatic heterocycles. The zero-order valence-electron chi connectivity index (χ0n) is 17.3. The van der Waals surface area contributed by atoms with Crippen molar-refractivity contribution in [3.05, 3.63) is 77.9 Å². The maximum Gasteiger partial charge on any atom is 0.255 e. The predicted octanol–water partition coefficient (Wildman–Crippen LogP) is 4.32. The Morgan fingerprint density at radius 2 is 1.53 bits per heavy atom. The second-order valence-electron chi connectivity index (χ2n) is 7.01. The van der Waals surface area contributed by atoms with Crippen LogP contribution in [0.4, 0.5) is 11.4 Å². The van der Waals surface area contributed by atoms with Crippen molar-refractivity contribution in [2.75, 3.05) is 30.0 Å². The van der Waals surface area contributed by atoms with Gasteiger partial charge in [0.25, 0.3) is 5.91 Å². The fraction of sp³-hybridized carbons (Fsp3) is 0.174. The van der Waals surface area contributed by atoms with E-state index in [0.717, 1.165) is 27.3 Å². The van der Waals surface area contributed by atoms with Crippen LogP contribution in [0.25, 0.3) is 11.1 Å². The Balaban J connectivity index is 2.02. The molecule has 0 aliphatic heterocycles. The monoisotopic (exact) mass is 424 g/mol. The van der Waals surface area contributed by atoms with E-state index in [-0.39, 0.29) is 5.91 Å². The summed E-state index contributed by atoms with van der Waals surface area (Å²) in [6.07, 6.45) is 1.12. The van der Waals surface area contributed by atoms with Crippen molar-refractivity contribution in [1.82, 2.24) is 0 Å². The highest BCUT2D eigenvalue weighted by atomic mass is 32.2. The van der Waals surface area contributed by atoms with Gasteiger partial charge in [-0.1, -0.05) is 35.9 Å². The van der Waals surface area contributed by atoms with E-state index in [9.17, 15) is 13.2 Å². The number of aryl methyl sites for hydroxylation is 1. The first-order valence-corrected chi connectivity index (χ1v) is 11.1. The summed E-state index contributed by atoms with van der Waals surface area (Å²) < 4.78 is 30.5. The lowest BCUT2D eigenvalue weighted by Gasteiger charge is -2.21. The molecule has 0 aliphatic rings. The second-order valence-corrected chi connectivity index (χ2v) is 9.02. The van der Waals surface area contributed by atoms with Crippen molar-refractivity contribution < 1.29 is 17.9 Å². The number of hydrogen-bond donors (Lipinski definition) is 1. The standard InChI is InChI=1S/C23H24N2O4S/c1-16-5-7-17(8-6-16)19-11-14-22(25(2)30(4,27)28)21(15-19)24-23(26)18-9-12-20(29-3)13-10-18/h5-15H,1-4H3,(H,24,26). The van der Waals surface area contributed by atoms with Gasteiger partial charge in [-0.15, -0.1) is 0 Å². The first-order chi connectivity index (χ1) is 14.2. The number of amides is 1. The van der Waals surface area contributed by atoms with E-state index in [1.807, 2.05) is 37.3 Å². The number of nitrogens with one attached hydrogen (secondary N) is 1. The Kier molecular flexibility index (Phi) is 6.12. The number of carbonyl (C=O) groups is 1. The van der Waals surface area contributed by atoms with Gasteiger partial charge in [0.05, 0.1) is 24.7 Å². The fourth-order valence-corrected chi connectivity index (χ4v) is 3.47. The number of methoxy groups -OCH3 is 1. The Morgan fingerprint density at radius 1 is 0.933 bits per heavy atom. The molecule has 1 amide bonds. The summed E-state index contributed by atoms with van der Waals surface area (Å²) in [6, 6.07) is 20.0. The van der Waals surface area contributed by atoms with Crippen LogP contribution in [-0.2, 0) is 10.0 Å². The van der Waals surface area contributed by atoms with Crippen LogP contribution in [-0.4, -0.2) is 34.7 Å². The van der Waals surface area contributed by atoms with Crippen molar-refractivity contribution in [3.63, 3.8) is 0 Å². The molecular formula is C23H24N2O4S. The molecule has 1 N–H and O–H groups in total. The minimum Gasteiger partial charge on any atom is -0.497 e. The molecule has 30 heavy (non-hydrogen) atoms. The van der Waals surface area contributed by atoms with E-state index in [4.69, 9.17) is 4.74 Å². The molecule has 7 heteroatoms. The molecule has 0 aliphatic carbocycles. The second kappa shape index (κ2) is 8.59. The number of sulfonamides is 1. The SMILES string of the molecule is COc1ccc(C(=O)Nc2cc(-c3ccc(C)cc3)ccc2N(C)S(C)(=O)=O)cc1. The zero-order chi connectivity index (χ0) is 21.9. The molecular weight excluding hydrogens is 400 g/mol. The highest BCUT2D eigenvalue weighted by Crippen LogP contribution is 2.33. The van der Waals surface area contributed by atoms with Gasteiger partial charge in [-0.2, -0.15) is 0 Å². The Labute approximate surface area is 177 Å². The molecule has 156 valence electrons. The van der Waals surface area contributed by atoms with E-state index in [2.05, 4.69) is 5.32 Å². The Bertz CT molecular complexity index is 1150. The van der Waals surface area contributed by atoms with Crippen molar-refractivity contribution in [2.24, 2.45) is 0 Å². The summed E-state index contributed by atoms with van der Waals surface area (Å²) >= 11 is 0. The number of nitrogens with zero attached hydrogens (tertiary/aromatic N) is 1. The summed E-state index contributed by atoms with van der Waals surface area (Å²) in [5.41, 5.74) is 4.20. The number of hydrogen-bond acceptors (Lipinski definition) is 4. The lowest BCUT2D eigenvalue weighted by atomic mass is 10.0. The summed E-state index contributed by atoms with van der Waals surface area (Å²) in [5.74, 6) is 0.298. The molecule has 0 saturated heterocycles. The lowest BCUT2D eigenvalue weighted by molar-refractivity contribution is 0.102. The molecule has 0 fully saturated rings. The quantitative estimate of drug-likeness (QED) is 0.639. The number of rotatable bonds is 6. The van der Waals surface area contributed by atoms with Gasteiger partial charge in [-0.3, -0.25) is 9.10 Å². The highest BCUT2D eigenvalue weighted by molar-refractivity contribution is 7.92. The lowest BCUT2D eigenvalue weighted by Crippen LogP contribution is -2.26. The first kappa shape index (κ1) is 21.4. The Morgan fingerprint density at radius 3 is 2.10 bits per heavy atom. The summed E-state index contributed by atoms with van der Waals surface area (Å²) in [6.45, 7) is 2.01. The van der Waals surface area contributed by atoms with Crippen molar-refractivity contribution in [3.8, 4) is 16.9 Å². The van der Waals surface area contributed by atoms with Crippen LogP contribution in [0.2, 0.25) is 0 Å². The van der Waals surface area contributed by atoms with Crippen molar-refractivity contribution in [2.45, 2.75) is 6.92 Å². The molecule has 0 unspecified atom stereocenters. The van der Waals surface area contributed by atoms with E-state index in [1.165, 1.54) is 7.05 Å².